The lowest BCUT2D eigenvalue weighted by atomic mass is 9.75. The van der Waals surface area contributed by atoms with Gasteiger partial charge in [0.1, 0.15) is 0 Å². The van der Waals surface area contributed by atoms with Crippen LogP contribution in [0.4, 0.5) is 0 Å². The van der Waals surface area contributed by atoms with Gasteiger partial charge in [0.25, 0.3) is 0 Å². The van der Waals surface area contributed by atoms with Crippen molar-refractivity contribution >= 4 is 6.15 Å². The van der Waals surface area contributed by atoms with Gasteiger partial charge in [-0.15, -0.1) is 0 Å². The number of hydrogen-bond donors (Lipinski definition) is 0. The van der Waals surface area contributed by atoms with Crippen molar-refractivity contribution in [3.63, 3.8) is 0 Å². The summed E-state index contributed by atoms with van der Waals surface area (Å²) < 4.78 is 0. The van der Waals surface area contributed by atoms with Crippen molar-refractivity contribution in [2.24, 2.45) is 11.8 Å². The molecule has 0 amide bonds. The fourth-order valence-electron chi connectivity index (χ4n) is 4.03. The van der Waals surface area contributed by atoms with E-state index >= 15 is 0 Å². The predicted octanol–water partition coefficient (Wildman–Crippen LogP) is 3.12. The highest BCUT2D eigenvalue weighted by Gasteiger charge is 2.37. The van der Waals surface area contributed by atoms with E-state index in [1.165, 1.54) is 24.1 Å². The molecule has 4 heteroatoms. The highest BCUT2D eigenvalue weighted by molar-refractivity contribution is 5.20. The maximum absolute atomic E-state index is 8.12. The summed E-state index contributed by atoms with van der Waals surface area (Å²) >= 11 is 0. The highest BCUT2D eigenvalue weighted by Crippen LogP contribution is 2.36. The molecule has 2 aromatic rings. The van der Waals surface area contributed by atoms with Gasteiger partial charge in [0.05, 0.1) is 0 Å². The van der Waals surface area contributed by atoms with Gasteiger partial charge in [-0.05, 0) is 41.9 Å². The summed E-state index contributed by atoms with van der Waals surface area (Å²) in [6.07, 6.45) is 11.5. The Morgan fingerprint density at radius 1 is 1.04 bits per heavy atom. The number of fused-ring (bicyclic) bond motifs is 2. The Morgan fingerprint density at radius 2 is 1.80 bits per heavy atom. The Kier molecular flexibility index (Phi) is 5.89. The minimum Gasteiger partial charge on any atom is -0.292 e. The normalized spacial score (nSPS) is 24.2. The second-order valence-corrected chi connectivity index (χ2v) is 6.70. The molecule has 25 heavy (non-hydrogen) atoms. The molecule has 2 bridgehead atoms. The first-order valence-corrected chi connectivity index (χ1v) is 8.64. The summed E-state index contributed by atoms with van der Waals surface area (Å²) in [6.45, 7) is 2.27. The molecule has 2 aliphatic heterocycles. The number of carbonyl (C=O) groups excluding carboxylic acids is 2. The number of benzene rings is 1. The Bertz CT molecular complexity index is 673. The lowest BCUT2D eigenvalue weighted by Crippen LogP contribution is -2.50. The van der Waals surface area contributed by atoms with Gasteiger partial charge in [0.15, 0.2) is 0 Å². The molecule has 1 fully saturated rings. The molecule has 3 atom stereocenters. The van der Waals surface area contributed by atoms with Crippen molar-refractivity contribution in [1.29, 1.82) is 0 Å². The van der Waals surface area contributed by atoms with Crippen molar-refractivity contribution < 1.29 is 9.59 Å². The van der Waals surface area contributed by atoms with Gasteiger partial charge in [0, 0.05) is 31.5 Å². The lowest BCUT2D eigenvalue weighted by Gasteiger charge is -2.46. The second-order valence-electron chi connectivity index (χ2n) is 6.70. The highest BCUT2D eigenvalue weighted by atomic mass is 16.2. The minimum atomic E-state index is 0.250. The standard InChI is InChI=1S/C20H22N2.CO2/c1-2-5-16(6-3-1)14-22-15-18-8-9-20(22)19(12-18)11-17-7-4-10-21-13-17;2-1-3/h1-10,13,18-20H,11-12,14-15H2;. The number of pyridine rings is 1. The molecule has 3 heterocycles. The molecule has 0 radical (unpaired) electrons. The molecule has 0 spiro atoms. The van der Waals surface area contributed by atoms with Crippen LogP contribution in [0.2, 0.25) is 0 Å². The van der Waals surface area contributed by atoms with E-state index in [0.29, 0.717) is 6.04 Å². The van der Waals surface area contributed by atoms with E-state index in [-0.39, 0.29) is 6.15 Å². The SMILES string of the molecule is C1=CC2C(Cc3cccnc3)CC1CN2Cc1ccccc1.O=C=O. The van der Waals surface area contributed by atoms with E-state index in [1.54, 1.807) is 0 Å². The Labute approximate surface area is 148 Å². The van der Waals surface area contributed by atoms with E-state index in [2.05, 4.69) is 58.4 Å². The summed E-state index contributed by atoms with van der Waals surface area (Å²) in [5.74, 6) is 1.44. The van der Waals surface area contributed by atoms with Gasteiger partial charge in [-0.3, -0.25) is 9.88 Å². The summed E-state index contributed by atoms with van der Waals surface area (Å²) in [7, 11) is 0. The summed E-state index contributed by atoms with van der Waals surface area (Å²) in [5, 5.41) is 0. The average Bonchev–Trinajstić information content (AvgIpc) is 2.65. The maximum Gasteiger partial charge on any atom is 0.373 e. The van der Waals surface area contributed by atoms with Gasteiger partial charge in [-0.1, -0.05) is 48.6 Å². The monoisotopic (exact) mass is 334 g/mol. The number of aromatic nitrogens is 1. The van der Waals surface area contributed by atoms with E-state index in [1.807, 2.05) is 18.5 Å². The largest absolute Gasteiger partial charge is 0.373 e. The number of rotatable bonds is 4. The average molecular weight is 334 g/mol. The molecule has 1 aromatic heterocycles. The van der Waals surface area contributed by atoms with E-state index < -0.39 is 0 Å². The quantitative estimate of drug-likeness (QED) is 0.806. The fraction of sp³-hybridized carbons (Fsp3) is 0.333. The van der Waals surface area contributed by atoms with E-state index in [9.17, 15) is 0 Å². The van der Waals surface area contributed by atoms with Crippen LogP contribution in [-0.2, 0) is 22.6 Å². The molecule has 0 N–H and O–H groups in total. The molecule has 128 valence electrons. The summed E-state index contributed by atoms with van der Waals surface area (Å²) in [4.78, 5) is 23.2. The number of hydrogen-bond acceptors (Lipinski definition) is 4. The van der Waals surface area contributed by atoms with Crippen molar-refractivity contribution in [2.75, 3.05) is 6.54 Å². The third kappa shape index (κ3) is 4.50. The van der Waals surface area contributed by atoms with Crippen molar-refractivity contribution in [3.05, 3.63) is 78.1 Å². The lowest BCUT2D eigenvalue weighted by molar-refractivity contribution is -0.191. The fourth-order valence-corrected chi connectivity index (χ4v) is 4.03. The molecule has 3 aliphatic rings. The van der Waals surface area contributed by atoms with Gasteiger partial charge in [0.2, 0.25) is 0 Å². The molecule has 4 nitrogen and oxygen atoms in total. The van der Waals surface area contributed by atoms with Crippen LogP contribution in [0, 0.1) is 11.8 Å². The third-order valence-corrected chi connectivity index (χ3v) is 5.01. The first-order chi connectivity index (χ1) is 12.3. The molecule has 0 saturated carbocycles. The molecule has 1 aliphatic carbocycles. The molecule has 5 rings (SSSR count). The van der Waals surface area contributed by atoms with Crippen molar-refractivity contribution in [1.82, 2.24) is 9.88 Å². The second kappa shape index (κ2) is 8.52. The Balaban J connectivity index is 0.000000569. The van der Waals surface area contributed by atoms with Gasteiger partial charge in [-0.25, -0.2) is 0 Å². The molecule has 1 aromatic carbocycles. The predicted molar refractivity (Wildman–Crippen MR) is 94.3 cm³/mol. The van der Waals surface area contributed by atoms with Gasteiger partial charge < -0.3 is 0 Å². The van der Waals surface area contributed by atoms with Crippen LogP contribution < -0.4 is 0 Å². The topological polar surface area (TPSA) is 50.3 Å². The first-order valence-electron chi connectivity index (χ1n) is 8.64. The third-order valence-electron chi connectivity index (χ3n) is 5.01. The summed E-state index contributed by atoms with van der Waals surface area (Å²) in [5.41, 5.74) is 2.79. The molecule has 3 unspecified atom stereocenters. The van der Waals surface area contributed by atoms with Crippen LogP contribution in [0.3, 0.4) is 0 Å². The van der Waals surface area contributed by atoms with Crippen LogP contribution >= 0.6 is 0 Å². The Morgan fingerprint density at radius 3 is 2.48 bits per heavy atom. The van der Waals surface area contributed by atoms with Gasteiger partial charge >= 0.3 is 6.15 Å². The maximum atomic E-state index is 8.12. The van der Waals surface area contributed by atoms with Crippen LogP contribution in [-0.4, -0.2) is 28.6 Å². The molecular weight excluding hydrogens is 312 g/mol. The molecular formula is C21H22N2O2. The number of piperidine rings is 1. The van der Waals surface area contributed by atoms with Crippen LogP contribution in [0.1, 0.15) is 17.5 Å². The minimum absolute atomic E-state index is 0.250. The van der Waals surface area contributed by atoms with Crippen LogP contribution in [0.5, 0.6) is 0 Å². The first kappa shape index (κ1) is 17.3. The molecule has 1 saturated heterocycles. The smallest absolute Gasteiger partial charge is 0.292 e. The van der Waals surface area contributed by atoms with Crippen molar-refractivity contribution in [3.8, 4) is 0 Å². The zero-order valence-corrected chi connectivity index (χ0v) is 14.1. The van der Waals surface area contributed by atoms with Crippen molar-refractivity contribution in [2.45, 2.75) is 25.4 Å². The Hall–Kier alpha value is -2.55. The summed E-state index contributed by atoms with van der Waals surface area (Å²) in [6, 6.07) is 15.7. The van der Waals surface area contributed by atoms with Gasteiger partial charge in [-0.2, -0.15) is 9.59 Å². The zero-order valence-electron chi connectivity index (χ0n) is 14.1. The van der Waals surface area contributed by atoms with E-state index in [0.717, 1.165) is 24.8 Å². The number of nitrogens with zero attached hydrogens (tertiary/aromatic N) is 2. The van der Waals surface area contributed by atoms with Crippen LogP contribution in [0.15, 0.2) is 67.0 Å². The van der Waals surface area contributed by atoms with E-state index in [4.69, 9.17) is 9.59 Å². The zero-order chi connectivity index (χ0) is 17.5. The van der Waals surface area contributed by atoms with Crippen LogP contribution in [0.25, 0.3) is 0 Å².